The van der Waals surface area contributed by atoms with Gasteiger partial charge >= 0.3 is 0 Å². The first-order chi connectivity index (χ1) is 7.62. The van der Waals surface area contributed by atoms with E-state index < -0.39 is 0 Å². The molecular formula is C13H16N2O. The average Bonchev–Trinajstić information content (AvgIpc) is 2.25. The molecule has 3 heteroatoms. The molecule has 1 atom stereocenters. The maximum absolute atomic E-state index is 9.12. The third-order valence-corrected chi connectivity index (χ3v) is 2.57. The van der Waals surface area contributed by atoms with E-state index in [1.807, 2.05) is 19.9 Å². The molecule has 1 rings (SSSR count). The third-order valence-electron chi connectivity index (χ3n) is 2.57. The first-order valence-corrected chi connectivity index (χ1v) is 5.23. The standard InChI is InChI=1S/C13H16N2O/c1-4-11(8-16)6-12-5-9(2)15-10(3)13(12)7-14/h4-5,11,16H,1,6,8H2,2-3H3. The van der Waals surface area contributed by atoms with Crippen molar-refractivity contribution < 1.29 is 5.11 Å². The fraction of sp³-hybridized carbons (Fsp3) is 0.385. The Bertz CT molecular complexity index is 432. The molecule has 0 saturated carbocycles. The van der Waals surface area contributed by atoms with Crippen LogP contribution in [0.4, 0.5) is 0 Å². The van der Waals surface area contributed by atoms with Gasteiger partial charge in [0.25, 0.3) is 0 Å². The quantitative estimate of drug-likeness (QED) is 0.782. The lowest BCUT2D eigenvalue weighted by Crippen LogP contribution is -2.09. The summed E-state index contributed by atoms with van der Waals surface area (Å²) in [7, 11) is 0. The van der Waals surface area contributed by atoms with Gasteiger partial charge in [0.1, 0.15) is 6.07 Å². The maximum Gasteiger partial charge on any atom is 0.101 e. The number of hydrogen-bond acceptors (Lipinski definition) is 3. The summed E-state index contributed by atoms with van der Waals surface area (Å²) in [4.78, 5) is 4.25. The van der Waals surface area contributed by atoms with Crippen molar-refractivity contribution in [2.24, 2.45) is 5.92 Å². The van der Waals surface area contributed by atoms with Crippen LogP contribution in [0.3, 0.4) is 0 Å². The normalized spacial score (nSPS) is 11.9. The molecule has 84 valence electrons. The largest absolute Gasteiger partial charge is 0.396 e. The molecule has 0 amide bonds. The lowest BCUT2D eigenvalue weighted by atomic mass is 9.95. The average molecular weight is 216 g/mol. The summed E-state index contributed by atoms with van der Waals surface area (Å²) in [5.74, 6) is -0.00620. The van der Waals surface area contributed by atoms with Gasteiger partial charge in [-0.15, -0.1) is 6.58 Å². The van der Waals surface area contributed by atoms with Gasteiger partial charge in [0.2, 0.25) is 0 Å². The molecule has 1 heterocycles. The number of hydrogen-bond donors (Lipinski definition) is 1. The molecule has 0 bridgehead atoms. The van der Waals surface area contributed by atoms with E-state index in [0.717, 1.165) is 17.0 Å². The second-order valence-electron chi connectivity index (χ2n) is 3.88. The van der Waals surface area contributed by atoms with Crippen molar-refractivity contribution in [1.82, 2.24) is 4.98 Å². The number of aliphatic hydroxyl groups excluding tert-OH is 1. The van der Waals surface area contributed by atoms with E-state index in [9.17, 15) is 0 Å². The van der Waals surface area contributed by atoms with Crippen molar-refractivity contribution in [3.63, 3.8) is 0 Å². The Morgan fingerprint density at radius 3 is 2.81 bits per heavy atom. The van der Waals surface area contributed by atoms with E-state index in [-0.39, 0.29) is 12.5 Å². The van der Waals surface area contributed by atoms with Gasteiger partial charge in [0.15, 0.2) is 0 Å². The second kappa shape index (κ2) is 5.43. The Kier molecular flexibility index (Phi) is 4.21. The summed E-state index contributed by atoms with van der Waals surface area (Å²) in [6, 6.07) is 4.07. The van der Waals surface area contributed by atoms with Crippen molar-refractivity contribution in [3.05, 3.63) is 41.2 Å². The van der Waals surface area contributed by atoms with E-state index in [1.165, 1.54) is 0 Å². The molecule has 1 N–H and O–H groups in total. The van der Waals surface area contributed by atoms with Crippen LogP contribution in [0, 0.1) is 31.1 Å². The lowest BCUT2D eigenvalue weighted by Gasteiger charge is -2.12. The minimum absolute atomic E-state index is 0.00620. The highest BCUT2D eigenvalue weighted by Crippen LogP contribution is 2.17. The van der Waals surface area contributed by atoms with Crippen LogP contribution < -0.4 is 0 Å². The van der Waals surface area contributed by atoms with Gasteiger partial charge in [-0.25, -0.2) is 0 Å². The Morgan fingerprint density at radius 1 is 1.62 bits per heavy atom. The maximum atomic E-state index is 9.12. The Morgan fingerprint density at radius 2 is 2.31 bits per heavy atom. The predicted molar refractivity (Wildman–Crippen MR) is 62.9 cm³/mol. The van der Waals surface area contributed by atoms with Crippen LogP contribution in [-0.4, -0.2) is 16.7 Å². The van der Waals surface area contributed by atoms with Crippen LogP contribution in [0.25, 0.3) is 0 Å². The van der Waals surface area contributed by atoms with E-state index in [0.29, 0.717) is 12.0 Å². The molecule has 0 aliphatic heterocycles. The summed E-state index contributed by atoms with van der Waals surface area (Å²) in [6.45, 7) is 7.45. The van der Waals surface area contributed by atoms with Crippen LogP contribution in [-0.2, 0) is 6.42 Å². The molecule has 0 spiro atoms. The second-order valence-corrected chi connectivity index (χ2v) is 3.88. The van der Waals surface area contributed by atoms with E-state index >= 15 is 0 Å². The van der Waals surface area contributed by atoms with Crippen LogP contribution >= 0.6 is 0 Å². The van der Waals surface area contributed by atoms with Crippen LogP contribution in [0.2, 0.25) is 0 Å². The number of aryl methyl sites for hydroxylation is 2. The summed E-state index contributed by atoms with van der Waals surface area (Å²) in [5, 5.41) is 18.2. The highest BCUT2D eigenvalue weighted by Gasteiger charge is 2.11. The fourth-order valence-electron chi connectivity index (χ4n) is 1.73. The molecule has 0 aromatic carbocycles. The minimum Gasteiger partial charge on any atom is -0.396 e. The molecule has 1 unspecified atom stereocenters. The Hall–Kier alpha value is -1.66. The van der Waals surface area contributed by atoms with Gasteiger partial charge in [0.05, 0.1) is 11.3 Å². The molecule has 0 fully saturated rings. The van der Waals surface area contributed by atoms with Gasteiger partial charge in [0, 0.05) is 18.2 Å². The van der Waals surface area contributed by atoms with E-state index in [4.69, 9.17) is 10.4 Å². The van der Waals surface area contributed by atoms with Crippen molar-refractivity contribution in [2.75, 3.05) is 6.61 Å². The number of nitrogens with zero attached hydrogens (tertiary/aromatic N) is 2. The Balaban J connectivity index is 3.12. The molecule has 0 radical (unpaired) electrons. The molecule has 0 saturated heterocycles. The summed E-state index contributed by atoms with van der Waals surface area (Å²) < 4.78 is 0. The number of aliphatic hydroxyl groups is 1. The molecule has 0 aliphatic carbocycles. The first kappa shape index (κ1) is 12.4. The molecule has 0 aliphatic rings. The molecular weight excluding hydrogens is 200 g/mol. The zero-order valence-electron chi connectivity index (χ0n) is 9.70. The number of nitriles is 1. The third kappa shape index (κ3) is 2.68. The SMILES string of the molecule is C=CC(CO)Cc1cc(C)nc(C)c1C#N. The molecule has 3 nitrogen and oxygen atoms in total. The molecule has 1 aromatic heterocycles. The predicted octanol–water partition coefficient (Wildman–Crippen LogP) is 1.91. The zero-order valence-corrected chi connectivity index (χ0v) is 9.70. The lowest BCUT2D eigenvalue weighted by molar-refractivity contribution is 0.252. The fourth-order valence-corrected chi connectivity index (χ4v) is 1.73. The molecule has 1 aromatic rings. The summed E-state index contributed by atoms with van der Waals surface area (Å²) in [5.41, 5.74) is 3.20. The summed E-state index contributed by atoms with van der Waals surface area (Å²) in [6.07, 6.45) is 2.35. The van der Waals surface area contributed by atoms with Crippen molar-refractivity contribution in [3.8, 4) is 6.07 Å². The number of pyridine rings is 1. The smallest absolute Gasteiger partial charge is 0.101 e. The first-order valence-electron chi connectivity index (χ1n) is 5.23. The van der Waals surface area contributed by atoms with Gasteiger partial charge in [-0.05, 0) is 31.9 Å². The zero-order chi connectivity index (χ0) is 12.1. The van der Waals surface area contributed by atoms with Gasteiger partial charge in [-0.2, -0.15) is 5.26 Å². The van der Waals surface area contributed by atoms with Gasteiger partial charge in [-0.3, -0.25) is 4.98 Å². The van der Waals surface area contributed by atoms with Crippen molar-refractivity contribution in [1.29, 1.82) is 5.26 Å². The van der Waals surface area contributed by atoms with Crippen LogP contribution in [0.15, 0.2) is 18.7 Å². The Labute approximate surface area is 96.1 Å². The van der Waals surface area contributed by atoms with Crippen LogP contribution in [0.1, 0.15) is 22.5 Å². The number of aromatic nitrogens is 1. The molecule has 16 heavy (non-hydrogen) atoms. The van der Waals surface area contributed by atoms with Gasteiger partial charge < -0.3 is 5.11 Å². The van der Waals surface area contributed by atoms with Gasteiger partial charge in [-0.1, -0.05) is 6.08 Å². The summed E-state index contributed by atoms with van der Waals surface area (Å²) >= 11 is 0. The topological polar surface area (TPSA) is 56.9 Å². The van der Waals surface area contributed by atoms with Crippen LogP contribution in [0.5, 0.6) is 0 Å². The number of rotatable bonds is 4. The van der Waals surface area contributed by atoms with E-state index in [2.05, 4.69) is 17.6 Å². The highest BCUT2D eigenvalue weighted by atomic mass is 16.3. The minimum atomic E-state index is -0.00620. The highest BCUT2D eigenvalue weighted by molar-refractivity contribution is 5.42. The van der Waals surface area contributed by atoms with Crippen molar-refractivity contribution >= 4 is 0 Å². The van der Waals surface area contributed by atoms with Crippen molar-refractivity contribution in [2.45, 2.75) is 20.3 Å². The van der Waals surface area contributed by atoms with E-state index in [1.54, 1.807) is 6.08 Å². The monoisotopic (exact) mass is 216 g/mol.